The Morgan fingerprint density at radius 3 is 2.57 bits per heavy atom. The summed E-state index contributed by atoms with van der Waals surface area (Å²) in [6.07, 6.45) is 3.55. The van der Waals surface area contributed by atoms with E-state index < -0.39 is 0 Å². The van der Waals surface area contributed by atoms with E-state index in [-0.39, 0.29) is 0 Å². The van der Waals surface area contributed by atoms with Gasteiger partial charge in [-0.15, -0.1) is 0 Å². The predicted molar refractivity (Wildman–Crippen MR) is 97.6 cm³/mol. The average molecular weight is 302 g/mol. The van der Waals surface area contributed by atoms with Crippen LogP contribution in [0.25, 0.3) is 16.5 Å². The number of para-hydroxylation sites is 1. The van der Waals surface area contributed by atoms with Crippen molar-refractivity contribution in [2.75, 3.05) is 20.1 Å². The largest absolute Gasteiger partial charge is 0.336 e. The van der Waals surface area contributed by atoms with Gasteiger partial charge in [-0.2, -0.15) is 0 Å². The molecule has 4 rings (SSSR count). The van der Waals surface area contributed by atoms with Crippen molar-refractivity contribution in [2.45, 2.75) is 13.0 Å². The summed E-state index contributed by atoms with van der Waals surface area (Å²) in [5.41, 5.74) is 5.48. The first kappa shape index (κ1) is 14.3. The van der Waals surface area contributed by atoms with E-state index in [2.05, 4.69) is 83.3 Å². The Hall–Kier alpha value is -2.32. The minimum Gasteiger partial charge on any atom is -0.336 e. The molecule has 0 atom stereocenters. The highest BCUT2D eigenvalue weighted by molar-refractivity contribution is 5.86. The molecule has 2 heteroatoms. The first-order valence-electron chi connectivity index (χ1n) is 8.31. The highest BCUT2D eigenvalue weighted by Gasteiger charge is 2.16. The lowest BCUT2D eigenvalue weighted by Crippen LogP contribution is -2.25. The van der Waals surface area contributed by atoms with Gasteiger partial charge < -0.3 is 9.47 Å². The van der Waals surface area contributed by atoms with Crippen molar-refractivity contribution in [3.8, 4) is 0 Å². The second-order valence-corrected chi connectivity index (χ2v) is 6.42. The Morgan fingerprint density at radius 2 is 1.74 bits per heavy atom. The summed E-state index contributed by atoms with van der Waals surface area (Å²) in [4.78, 5) is 2.40. The van der Waals surface area contributed by atoms with E-state index in [0.717, 1.165) is 26.1 Å². The van der Waals surface area contributed by atoms with Crippen molar-refractivity contribution in [1.82, 2.24) is 9.47 Å². The molecule has 0 fully saturated rings. The summed E-state index contributed by atoms with van der Waals surface area (Å²) < 4.78 is 2.47. The van der Waals surface area contributed by atoms with E-state index in [9.17, 15) is 0 Å². The number of nitrogens with zero attached hydrogens (tertiary/aromatic N) is 2. The van der Waals surface area contributed by atoms with Crippen molar-refractivity contribution in [3.05, 3.63) is 78.0 Å². The Kier molecular flexibility index (Phi) is 3.76. The Bertz CT molecular complexity index is 843. The molecule has 1 aliphatic rings. The first-order valence-corrected chi connectivity index (χ1v) is 8.31. The zero-order valence-corrected chi connectivity index (χ0v) is 13.6. The maximum absolute atomic E-state index is 2.47. The van der Waals surface area contributed by atoms with Gasteiger partial charge in [0.15, 0.2) is 0 Å². The molecule has 0 saturated carbocycles. The molecule has 1 aliphatic heterocycles. The lowest BCUT2D eigenvalue weighted by Gasteiger charge is -2.24. The van der Waals surface area contributed by atoms with E-state index in [1.807, 2.05) is 0 Å². The van der Waals surface area contributed by atoms with E-state index >= 15 is 0 Å². The van der Waals surface area contributed by atoms with Gasteiger partial charge in [-0.25, -0.2) is 0 Å². The molecule has 0 radical (unpaired) electrons. The molecule has 0 spiro atoms. The van der Waals surface area contributed by atoms with Gasteiger partial charge in [-0.3, -0.25) is 0 Å². The van der Waals surface area contributed by atoms with Gasteiger partial charge in [-0.1, -0.05) is 54.6 Å². The third-order valence-electron chi connectivity index (χ3n) is 4.66. The summed E-state index contributed by atoms with van der Waals surface area (Å²) in [5.74, 6) is 0. The van der Waals surface area contributed by atoms with Gasteiger partial charge in [0.05, 0.1) is 0 Å². The highest BCUT2D eigenvalue weighted by Crippen LogP contribution is 2.28. The summed E-state index contributed by atoms with van der Waals surface area (Å²) in [6.45, 7) is 3.11. The monoisotopic (exact) mass is 302 g/mol. The van der Waals surface area contributed by atoms with Crippen molar-refractivity contribution in [3.63, 3.8) is 0 Å². The fourth-order valence-corrected chi connectivity index (χ4v) is 3.49. The number of aromatic nitrogens is 1. The van der Waals surface area contributed by atoms with E-state index in [1.54, 1.807) is 0 Å². The van der Waals surface area contributed by atoms with Crippen LogP contribution in [-0.4, -0.2) is 29.6 Å². The molecule has 116 valence electrons. The first-order chi connectivity index (χ1) is 11.3. The molecule has 1 aromatic heterocycles. The molecule has 0 unspecified atom stereocenters. The van der Waals surface area contributed by atoms with Gasteiger partial charge in [0.2, 0.25) is 0 Å². The Morgan fingerprint density at radius 1 is 0.957 bits per heavy atom. The Balaban J connectivity index is 1.83. The van der Waals surface area contributed by atoms with Crippen LogP contribution in [0.15, 0.2) is 66.7 Å². The van der Waals surface area contributed by atoms with Crippen LogP contribution < -0.4 is 0 Å². The molecule has 3 aromatic rings. The number of fused-ring (bicyclic) bond motifs is 1. The van der Waals surface area contributed by atoms with Gasteiger partial charge in [0.1, 0.15) is 0 Å². The standard InChI is InChI=1S/C21H22N2/c1-22-13-7-11-19(16-22)21-14-18-10-5-6-12-20(18)23(21)15-17-8-3-2-4-9-17/h2-6,8-12,14H,7,13,15-16H2,1H3. The fourth-order valence-electron chi connectivity index (χ4n) is 3.49. The predicted octanol–water partition coefficient (Wildman–Crippen LogP) is 4.41. The highest BCUT2D eigenvalue weighted by atomic mass is 15.1. The van der Waals surface area contributed by atoms with Crippen LogP contribution in [0, 0.1) is 0 Å². The van der Waals surface area contributed by atoms with Crippen LogP contribution >= 0.6 is 0 Å². The second-order valence-electron chi connectivity index (χ2n) is 6.42. The fraction of sp³-hybridized carbons (Fsp3) is 0.238. The lowest BCUT2D eigenvalue weighted by molar-refractivity contribution is 0.372. The summed E-state index contributed by atoms with van der Waals surface area (Å²) in [5, 5.41) is 1.33. The second kappa shape index (κ2) is 6.05. The molecule has 0 saturated heterocycles. The van der Waals surface area contributed by atoms with Crippen LogP contribution in [0.1, 0.15) is 17.7 Å². The molecular formula is C21H22N2. The molecule has 0 bridgehead atoms. The van der Waals surface area contributed by atoms with Crippen LogP contribution in [0.4, 0.5) is 0 Å². The third kappa shape index (κ3) is 2.82. The van der Waals surface area contributed by atoms with Crippen molar-refractivity contribution in [2.24, 2.45) is 0 Å². The lowest BCUT2D eigenvalue weighted by atomic mass is 10.1. The van der Waals surface area contributed by atoms with E-state index in [1.165, 1.54) is 27.7 Å². The molecule has 23 heavy (non-hydrogen) atoms. The molecular weight excluding hydrogens is 280 g/mol. The number of hydrogen-bond donors (Lipinski definition) is 0. The zero-order valence-electron chi connectivity index (χ0n) is 13.6. The maximum atomic E-state index is 2.47. The third-order valence-corrected chi connectivity index (χ3v) is 4.66. The quantitative estimate of drug-likeness (QED) is 0.696. The summed E-state index contributed by atoms with van der Waals surface area (Å²) in [6, 6.07) is 21.8. The molecule has 2 aromatic carbocycles. The number of likely N-dealkylation sites (N-methyl/N-ethyl adjacent to an activating group) is 1. The minimum absolute atomic E-state index is 0.921. The normalized spacial score (nSPS) is 15.8. The van der Waals surface area contributed by atoms with Crippen molar-refractivity contribution >= 4 is 16.5 Å². The average Bonchev–Trinajstić information content (AvgIpc) is 2.95. The van der Waals surface area contributed by atoms with Crippen LogP contribution in [0.5, 0.6) is 0 Å². The van der Waals surface area contributed by atoms with Gasteiger partial charge in [0.25, 0.3) is 0 Å². The SMILES string of the molecule is CN1CCC=C(c2cc3ccccc3n2Cc2ccccc2)C1. The van der Waals surface area contributed by atoms with E-state index in [4.69, 9.17) is 0 Å². The van der Waals surface area contributed by atoms with Crippen LogP contribution in [0.2, 0.25) is 0 Å². The number of rotatable bonds is 3. The van der Waals surface area contributed by atoms with Crippen molar-refractivity contribution < 1.29 is 0 Å². The van der Waals surface area contributed by atoms with Gasteiger partial charge in [0, 0.05) is 36.2 Å². The molecule has 2 nitrogen and oxygen atoms in total. The van der Waals surface area contributed by atoms with Crippen molar-refractivity contribution in [1.29, 1.82) is 0 Å². The smallest absolute Gasteiger partial charge is 0.0488 e. The molecule has 2 heterocycles. The molecule has 0 amide bonds. The molecule has 0 aliphatic carbocycles. The van der Waals surface area contributed by atoms with Gasteiger partial charge in [-0.05, 0) is 36.7 Å². The van der Waals surface area contributed by atoms with Crippen LogP contribution in [0.3, 0.4) is 0 Å². The maximum Gasteiger partial charge on any atom is 0.0488 e. The summed E-state index contributed by atoms with van der Waals surface area (Å²) >= 11 is 0. The Labute approximate surface area is 137 Å². The number of hydrogen-bond acceptors (Lipinski definition) is 1. The van der Waals surface area contributed by atoms with E-state index in [0.29, 0.717) is 0 Å². The zero-order chi connectivity index (χ0) is 15.6. The number of benzene rings is 2. The van der Waals surface area contributed by atoms with Crippen LogP contribution in [-0.2, 0) is 6.54 Å². The minimum atomic E-state index is 0.921. The van der Waals surface area contributed by atoms with Gasteiger partial charge >= 0.3 is 0 Å². The molecule has 0 N–H and O–H groups in total. The topological polar surface area (TPSA) is 8.17 Å². The summed E-state index contributed by atoms with van der Waals surface area (Å²) in [7, 11) is 2.21.